The third-order valence-corrected chi connectivity index (χ3v) is 1.46. The lowest BCUT2D eigenvalue weighted by Gasteiger charge is -2.11. The zero-order chi connectivity index (χ0) is 6.41. The van der Waals surface area contributed by atoms with E-state index >= 15 is 0 Å². The first-order chi connectivity index (χ1) is 3.81. The molecular formula is C5H11BrClN. The summed E-state index contributed by atoms with van der Waals surface area (Å²) in [4.78, 5) is 2.18. The molecule has 0 aromatic heterocycles. The Labute approximate surface area is 64.1 Å². The van der Waals surface area contributed by atoms with Gasteiger partial charge in [-0.2, -0.15) is 0 Å². The maximum Gasteiger partial charge on any atom is 0.0351 e. The van der Waals surface area contributed by atoms with Gasteiger partial charge in [0.25, 0.3) is 0 Å². The van der Waals surface area contributed by atoms with Crippen molar-refractivity contribution in [3.8, 4) is 0 Å². The van der Waals surface area contributed by atoms with Crippen LogP contribution >= 0.6 is 27.5 Å². The van der Waals surface area contributed by atoms with Gasteiger partial charge in [0.05, 0.1) is 0 Å². The Hall–Kier alpha value is 0.730. The molecule has 0 atom stereocenters. The van der Waals surface area contributed by atoms with E-state index < -0.39 is 0 Å². The van der Waals surface area contributed by atoms with Crippen molar-refractivity contribution < 1.29 is 0 Å². The van der Waals surface area contributed by atoms with Crippen LogP contribution in [0.2, 0.25) is 0 Å². The second-order valence-electron chi connectivity index (χ2n) is 1.68. The zero-order valence-corrected chi connectivity index (χ0v) is 7.37. The van der Waals surface area contributed by atoms with Crippen LogP contribution in [0.15, 0.2) is 0 Å². The molecule has 8 heavy (non-hydrogen) atoms. The maximum absolute atomic E-state index is 5.48. The van der Waals surface area contributed by atoms with Gasteiger partial charge in [-0.05, 0) is 7.05 Å². The molecule has 0 aliphatic heterocycles. The number of halogens is 2. The predicted octanol–water partition coefficient (Wildman–Crippen LogP) is 1.55. The molecule has 1 nitrogen and oxygen atoms in total. The van der Waals surface area contributed by atoms with Gasteiger partial charge in [0, 0.05) is 24.3 Å². The smallest absolute Gasteiger partial charge is 0.0351 e. The number of alkyl halides is 2. The SMILES string of the molecule is CN(CCCl)CCBr. The van der Waals surface area contributed by atoms with Crippen LogP contribution in [-0.2, 0) is 0 Å². The minimum Gasteiger partial charge on any atom is -0.304 e. The molecule has 0 rings (SSSR count). The molecule has 0 fully saturated rings. The topological polar surface area (TPSA) is 3.24 Å². The molecule has 0 spiro atoms. The van der Waals surface area contributed by atoms with Gasteiger partial charge in [0.1, 0.15) is 0 Å². The molecule has 0 N–H and O–H groups in total. The van der Waals surface area contributed by atoms with Gasteiger partial charge in [0.15, 0.2) is 0 Å². The van der Waals surface area contributed by atoms with E-state index in [1.807, 2.05) is 0 Å². The fourth-order valence-corrected chi connectivity index (χ4v) is 1.29. The first kappa shape index (κ1) is 8.73. The zero-order valence-electron chi connectivity index (χ0n) is 5.03. The summed E-state index contributed by atoms with van der Waals surface area (Å²) >= 11 is 8.81. The van der Waals surface area contributed by atoms with Gasteiger partial charge in [-0.15, -0.1) is 11.6 Å². The number of hydrogen-bond acceptors (Lipinski definition) is 1. The van der Waals surface area contributed by atoms with Gasteiger partial charge >= 0.3 is 0 Å². The highest BCUT2D eigenvalue weighted by Gasteiger charge is 1.91. The molecule has 0 aromatic rings. The van der Waals surface area contributed by atoms with E-state index in [0.29, 0.717) is 0 Å². The highest BCUT2D eigenvalue weighted by Crippen LogP contribution is 1.86. The minimum atomic E-state index is 0.726. The first-order valence-corrected chi connectivity index (χ1v) is 4.27. The summed E-state index contributed by atoms with van der Waals surface area (Å²) in [6, 6.07) is 0. The molecule has 50 valence electrons. The molecule has 0 unspecified atom stereocenters. The van der Waals surface area contributed by atoms with Crippen molar-refractivity contribution in [3.63, 3.8) is 0 Å². The van der Waals surface area contributed by atoms with Crippen molar-refractivity contribution in [2.24, 2.45) is 0 Å². The third kappa shape index (κ3) is 4.88. The van der Waals surface area contributed by atoms with Gasteiger partial charge in [-0.25, -0.2) is 0 Å². The Morgan fingerprint density at radius 1 is 1.50 bits per heavy atom. The van der Waals surface area contributed by atoms with Crippen LogP contribution in [0.5, 0.6) is 0 Å². The van der Waals surface area contributed by atoms with Crippen molar-refractivity contribution >= 4 is 27.5 Å². The Balaban J connectivity index is 2.92. The Morgan fingerprint density at radius 3 is 2.50 bits per heavy atom. The predicted molar refractivity (Wildman–Crippen MR) is 42.0 cm³/mol. The molecule has 0 aliphatic carbocycles. The largest absolute Gasteiger partial charge is 0.304 e. The monoisotopic (exact) mass is 199 g/mol. The normalized spacial score (nSPS) is 10.5. The van der Waals surface area contributed by atoms with Gasteiger partial charge in [0.2, 0.25) is 0 Å². The molecule has 0 aromatic carbocycles. The molecular weight excluding hydrogens is 189 g/mol. The minimum absolute atomic E-state index is 0.726. The van der Waals surface area contributed by atoms with E-state index in [4.69, 9.17) is 11.6 Å². The van der Waals surface area contributed by atoms with Crippen molar-refractivity contribution in [1.29, 1.82) is 0 Å². The van der Waals surface area contributed by atoms with Crippen LogP contribution in [0.3, 0.4) is 0 Å². The molecule has 0 heterocycles. The third-order valence-electron chi connectivity index (χ3n) is 0.932. The summed E-state index contributed by atoms with van der Waals surface area (Å²) in [7, 11) is 2.06. The van der Waals surface area contributed by atoms with Gasteiger partial charge in [-0.3, -0.25) is 0 Å². The average molecular weight is 201 g/mol. The fraction of sp³-hybridized carbons (Fsp3) is 1.00. The van der Waals surface area contributed by atoms with E-state index in [1.165, 1.54) is 0 Å². The summed E-state index contributed by atoms with van der Waals surface area (Å²) in [6.07, 6.45) is 0. The molecule has 0 amide bonds. The van der Waals surface area contributed by atoms with Crippen LogP contribution in [0.1, 0.15) is 0 Å². The highest BCUT2D eigenvalue weighted by atomic mass is 79.9. The summed E-state index contributed by atoms with van der Waals surface area (Å²) in [5.41, 5.74) is 0. The fourth-order valence-electron chi connectivity index (χ4n) is 0.400. The van der Waals surface area contributed by atoms with Crippen LogP contribution in [0, 0.1) is 0 Å². The molecule has 0 saturated carbocycles. The van der Waals surface area contributed by atoms with E-state index in [2.05, 4.69) is 27.9 Å². The van der Waals surface area contributed by atoms with Crippen LogP contribution < -0.4 is 0 Å². The van der Waals surface area contributed by atoms with E-state index in [-0.39, 0.29) is 0 Å². The lowest BCUT2D eigenvalue weighted by molar-refractivity contribution is 0.380. The first-order valence-electron chi connectivity index (χ1n) is 2.61. The molecule has 0 aliphatic rings. The average Bonchev–Trinajstić information content (AvgIpc) is 1.68. The lowest BCUT2D eigenvalue weighted by atomic mass is 10.6. The highest BCUT2D eigenvalue weighted by molar-refractivity contribution is 9.09. The van der Waals surface area contributed by atoms with E-state index in [0.717, 1.165) is 24.3 Å². The van der Waals surface area contributed by atoms with Gasteiger partial charge in [-0.1, -0.05) is 15.9 Å². The van der Waals surface area contributed by atoms with E-state index in [9.17, 15) is 0 Å². The van der Waals surface area contributed by atoms with Crippen molar-refractivity contribution in [3.05, 3.63) is 0 Å². The Bertz CT molecular complexity index is 45.7. The van der Waals surface area contributed by atoms with Crippen LogP contribution in [-0.4, -0.2) is 36.2 Å². The van der Waals surface area contributed by atoms with Crippen LogP contribution in [0.4, 0.5) is 0 Å². The molecule has 0 saturated heterocycles. The van der Waals surface area contributed by atoms with E-state index in [1.54, 1.807) is 0 Å². The number of hydrogen-bond donors (Lipinski definition) is 0. The molecule has 0 radical (unpaired) electrons. The second kappa shape index (κ2) is 5.86. The Kier molecular flexibility index (Phi) is 6.39. The van der Waals surface area contributed by atoms with Crippen molar-refractivity contribution in [2.75, 3.05) is 31.3 Å². The lowest BCUT2D eigenvalue weighted by Crippen LogP contribution is -2.22. The standard InChI is InChI=1S/C5H11BrClN/c1-8(4-2-6)5-3-7/h2-5H2,1H3. The number of rotatable bonds is 4. The molecule has 0 bridgehead atoms. The van der Waals surface area contributed by atoms with Gasteiger partial charge < -0.3 is 4.90 Å². The van der Waals surface area contributed by atoms with Crippen molar-refractivity contribution in [2.45, 2.75) is 0 Å². The quantitative estimate of drug-likeness (QED) is 0.623. The Morgan fingerprint density at radius 2 is 2.12 bits per heavy atom. The summed E-state index contributed by atoms with van der Waals surface area (Å²) in [5, 5.41) is 1.03. The maximum atomic E-state index is 5.48. The second-order valence-corrected chi connectivity index (χ2v) is 2.85. The summed E-state index contributed by atoms with van der Waals surface area (Å²) in [5.74, 6) is 0.726. The number of nitrogens with zero attached hydrogens (tertiary/aromatic N) is 1. The molecule has 3 heteroatoms. The summed E-state index contributed by atoms with van der Waals surface area (Å²) in [6.45, 7) is 2.06. The van der Waals surface area contributed by atoms with Crippen LogP contribution in [0.25, 0.3) is 0 Å². The van der Waals surface area contributed by atoms with Crippen molar-refractivity contribution in [1.82, 2.24) is 4.90 Å². The summed E-state index contributed by atoms with van der Waals surface area (Å²) < 4.78 is 0.